The van der Waals surface area contributed by atoms with Crippen LogP contribution in [0.25, 0.3) is 10.9 Å². The second-order valence-electron chi connectivity index (χ2n) is 4.66. The zero-order chi connectivity index (χ0) is 14.3. The number of carbonyl (C=O) groups is 1. The highest BCUT2D eigenvalue weighted by Gasteiger charge is 2.16. The van der Waals surface area contributed by atoms with Gasteiger partial charge in [-0.15, -0.1) is 0 Å². The molecule has 3 aromatic rings. The molecule has 0 fully saturated rings. The molecule has 0 saturated heterocycles. The van der Waals surface area contributed by atoms with E-state index in [1.165, 1.54) is 18.2 Å². The van der Waals surface area contributed by atoms with Gasteiger partial charge < -0.3 is 4.98 Å². The molecule has 0 atom stereocenters. The van der Waals surface area contributed by atoms with E-state index in [0.29, 0.717) is 5.56 Å². The lowest BCUT2D eigenvalue weighted by Gasteiger charge is -2.03. The first kappa shape index (κ1) is 12.9. The molecule has 0 aliphatic heterocycles. The summed E-state index contributed by atoms with van der Waals surface area (Å²) < 4.78 is 13.5. The Morgan fingerprint density at radius 3 is 2.80 bits per heavy atom. The standard InChI is InChI=1S/C16H11ClFNO/c1-9-3-2-4-14-15(9)11(8-19-14)16(20)10-5-6-12(17)13(18)7-10/h2-8,19H,1H3. The van der Waals surface area contributed by atoms with Crippen LogP contribution in [0.1, 0.15) is 21.5 Å². The maximum absolute atomic E-state index is 13.5. The second kappa shape index (κ2) is 4.76. The average Bonchev–Trinajstić information content (AvgIpc) is 2.86. The number of benzene rings is 2. The average molecular weight is 288 g/mol. The molecule has 0 radical (unpaired) electrons. The highest BCUT2D eigenvalue weighted by Crippen LogP contribution is 2.25. The highest BCUT2D eigenvalue weighted by atomic mass is 35.5. The number of nitrogens with one attached hydrogen (secondary N) is 1. The Morgan fingerprint density at radius 2 is 2.05 bits per heavy atom. The predicted octanol–water partition coefficient (Wildman–Crippen LogP) is 4.50. The Bertz CT molecular complexity index is 822. The van der Waals surface area contributed by atoms with Crippen molar-refractivity contribution in [3.8, 4) is 0 Å². The summed E-state index contributed by atoms with van der Waals surface area (Å²) in [6.45, 7) is 1.94. The number of aromatic nitrogens is 1. The van der Waals surface area contributed by atoms with Crippen molar-refractivity contribution in [2.45, 2.75) is 6.92 Å². The predicted molar refractivity (Wildman–Crippen MR) is 77.9 cm³/mol. The van der Waals surface area contributed by atoms with Gasteiger partial charge >= 0.3 is 0 Å². The van der Waals surface area contributed by atoms with Crippen LogP contribution in [0.3, 0.4) is 0 Å². The second-order valence-corrected chi connectivity index (χ2v) is 5.07. The summed E-state index contributed by atoms with van der Waals surface area (Å²) in [6, 6.07) is 9.86. The maximum atomic E-state index is 13.5. The topological polar surface area (TPSA) is 32.9 Å². The molecule has 20 heavy (non-hydrogen) atoms. The number of aromatic amines is 1. The van der Waals surface area contributed by atoms with Crippen LogP contribution in [0.15, 0.2) is 42.6 Å². The van der Waals surface area contributed by atoms with Gasteiger partial charge in [0, 0.05) is 28.2 Å². The van der Waals surface area contributed by atoms with Gasteiger partial charge in [0.25, 0.3) is 0 Å². The van der Waals surface area contributed by atoms with Crippen molar-refractivity contribution in [3.63, 3.8) is 0 Å². The van der Waals surface area contributed by atoms with E-state index in [1.807, 2.05) is 25.1 Å². The largest absolute Gasteiger partial charge is 0.360 e. The van der Waals surface area contributed by atoms with Crippen molar-refractivity contribution < 1.29 is 9.18 Å². The third-order valence-electron chi connectivity index (χ3n) is 3.34. The number of H-pyrrole nitrogens is 1. The number of halogens is 2. The minimum absolute atomic E-state index is 0.0108. The van der Waals surface area contributed by atoms with Crippen LogP contribution in [0, 0.1) is 12.7 Å². The third kappa shape index (κ3) is 2.00. The monoisotopic (exact) mass is 287 g/mol. The fourth-order valence-corrected chi connectivity index (χ4v) is 2.46. The van der Waals surface area contributed by atoms with E-state index in [2.05, 4.69) is 4.98 Å². The van der Waals surface area contributed by atoms with Crippen molar-refractivity contribution in [2.24, 2.45) is 0 Å². The van der Waals surface area contributed by atoms with Crippen molar-refractivity contribution in [1.29, 1.82) is 0 Å². The van der Waals surface area contributed by atoms with Gasteiger partial charge in [0.2, 0.25) is 0 Å². The van der Waals surface area contributed by atoms with E-state index in [-0.39, 0.29) is 16.4 Å². The zero-order valence-corrected chi connectivity index (χ0v) is 11.5. The van der Waals surface area contributed by atoms with Crippen molar-refractivity contribution in [1.82, 2.24) is 4.98 Å². The van der Waals surface area contributed by atoms with Crippen LogP contribution in [0.5, 0.6) is 0 Å². The molecule has 0 aliphatic carbocycles. The van der Waals surface area contributed by atoms with Crippen LogP contribution < -0.4 is 0 Å². The van der Waals surface area contributed by atoms with Gasteiger partial charge in [0.1, 0.15) is 5.82 Å². The molecule has 100 valence electrons. The smallest absolute Gasteiger partial charge is 0.195 e. The van der Waals surface area contributed by atoms with Crippen LogP contribution in [-0.2, 0) is 0 Å². The summed E-state index contributed by atoms with van der Waals surface area (Å²) >= 11 is 5.64. The minimum Gasteiger partial charge on any atom is -0.360 e. The lowest BCUT2D eigenvalue weighted by atomic mass is 10.00. The first-order valence-electron chi connectivity index (χ1n) is 6.14. The van der Waals surface area contributed by atoms with Gasteiger partial charge in [-0.2, -0.15) is 0 Å². The van der Waals surface area contributed by atoms with Crippen molar-refractivity contribution in [2.75, 3.05) is 0 Å². The fraction of sp³-hybridized carbons (Fsp3) is 0.0625. The molecule has 1 heterocycles. The number of hydrogen-bond donors (Lipinski definition) is 1. The zero-order valence-electron chi connectivity index (χ0n) is 10.7. The molecular formula is C16H11ClFNO. The van der Waals surface area contributed by atoms with Crippen LogP contribution in [0.2, 0.25) is 5.02 Å². The minimum atomic E-state index is -0.589. The van der Waals surface area contributed by atoms with E-state index >= 15 is 0 Å². The number of aryl methyl sites for hydroxylation is 1. The fourth-order valence-electron chi connectivity index (χ4n) is 2.34. The molecule has 1 aromatic heterocycles. The Balaban J connectivity index is 2.15. The van der Waals surface area contributed by atoms with Gasteiger partial charge in [-0.05, 0) is 36.8 Å². The van der Waals surface area contributed by atoms with Crippen molar-refractivity contribution >= 4 is 28.3 Å². The van der Waals surface area contributed by atoms with Gasteiger partial charge in [0.15, 0.2) is 5.78 Å². The number of ketones is 1. The number of rotatable bonds is 2. The molecule has 2 aromatic carbocycles. The summed E-state index contributed by atoms with van der Waals surface area (Å²) in [7, 11) is 0. The number of carbonyl (C=O) groups excluding carboxylic acids is 1. The normalized spacial score (nSPS) is 10.9. The molecule has 1 N–H and O–H groups in total. The number of hydrogen-bond acceptors (Lipinski definition) is 1. The van der Waals surface area contributed by atoms with E-state index < -0.39 is 5.82 Å². The summed E-state index contributed by atoms with van der Waals surface area (Å²) in [6.07, 6.45) is 1.66. The van der Waals surface area contributed by atoms with Gasteiger partial charge in [-0.1, -0.05) is 23.7 Å². The van der Waals surface area contributed by atoms with E-state index in [9.17, 15) is 9.18 Å². The van der Waals surface area contributed by atoms with Crippen molar-refractivity contribution in [3.05, 3.63) is 70.1 Å². The lowest BCUT2D eigenvalue weighted by Crippen LogP contribution is -2.01. The lowest BCUT2D eigenvalue weighted by molar-refractivity contribution is 0.104. The summed E-state index contributed by atoms with van der Waals surface area (Å²) in [5.74, 6) is -0.810. The molecule has 0 unspecified atom stereocenters. The number of fused-ring (bicyclic) bond motifs is 1. The highest BCUT2D eigenvalue weighted by molar-refractivity contribution is 6.31. The Labute approximate surface area is 120 Å². The molecule has 0 spiro atoms. The van der Waals surface area contributed by atoms with Gasteiger partial charge in [-0.25, -0.2) is 4.39 Å². The molecule has 2 nitrogen and oxygen atoms in total. The van der Waals surface area contributed by atoms with E-state index in [4.69, 9.17) is 11.6 Å². The molecule has 3 rings (SSSR count). The van der Waals surface area contributed by atoms with Crippen LogP contribution in [0.4, 0.5) is 4.39 Å². The Kier molecular flexibility index (Phi) is 3.07. The third-order valence-corrected chi connectivity index (χ3v) is 3.65. The van der Waals surface area contributed by atoms with E-state index in [1.54, 1.807) is 6.20 Å². The molecule has 0 aliphatic rings. The van der Waals surface area contributed by atoms with E-state index in [0.717, 1.165) is 16.5 Å². The van der Waals surface area contributed by atoms with Gasteiger partial charge in [-0.3, -0.25) is 4.79 Å². The van der Waals surface area contributed by atoms with Crippen LogP contribution >= 0.6 is 11.6 Å². The maximum Gasteiger partial charge on any atom is 0.195 e. The quantitative estimate of drug-likeness (QED) is 0.692. The van der Waals surface area contributed by atoms with Gasteiger partial charge in [0.05, 0.1) is 5.02 Å². The SMILES string of the molecule is Cc1cccc2[nH]cc(C(=O)c3ccc(Cl)c(F)c3)c12. The molecule has 0 bridgehead atoms. The Hall–Kier alpha value is -2.13. The summed E-state index contributed by atoms with van der Waals surface area (Å²) in [5, 5.41) is 0.879. The Morgan fingerprint density at radius 1 is 1.25 bits per heavy atom. The molecule has 0 saturated carbocycles. The molecule has 4 heteroatoms. The first-order chi connectivity index (χ1) is 9.58. The van der Waals surface area contributed by atoms with Crippen LogP contribution in [-0.4, -0.2) is 10.8 Å². The summed E-state index contributed by atoms with van der Waals surface area (Å²) in [5.41, 5.74) is 2.72. The summed E-state index contributed by atoms with van der Waals surface area (Å²) in [4.78, 5) is 15.6. The first-order valence-corrected chi connectivity index (χ1v) is 6.52. The molecule has 0 amide bonds. The molecular weight excluding hydrogens is 277 g/mol.